The third-order valence-corrected chi connectivity index (χ3v) is 9.07. The summed E-state index contributed by atoms with van der Waals surface area (Å²) in [5, 5.41) is 10.4. The lowest BCUT2D eigenvalue weighted by molar-refractivity contribution is -0.160. The standard InChI is InChI=1S/C33H47N3O5/c1-23-28(30(31(37)38)41-32(2,3)4)29(36-17-15-33(16-18-36)13-7-8-14-33)26(22-34-23)27-12-11-25(21-35-27)40-20-19-39-24-9-5-6-10-24/h11-12,21-22,24,30H,5-10,13-20H2,1-4H3,(H,37,38)/t30-/m0/s1. The molecule has 0 unspecified atom stereocenters. The molecule has 8 heteroatoms. The van der Waals surface area contributed by atoms with E-state index >= 15 is 0 Å². The number of hydrogen-bond donors (Lipinski definition) is 1. The molecule has 224 valence electrons. The van der Waals surface area contributed by atoms with Crippen molar-refractivity contribution in [3.8, 4) is 17.0 Å². The number of piperidine rings is 1. The second kappa shape index (κ2) is 12.7. The van der Waals surface area contributed by atoms with Crippen LogP contribution in [0, 0.1) is 12.3 Å². The van der Waals surface area contributed by atoms with Crippen LogP contribution in [-0.2, 0) is 14.3 Å². The fourth-order valence-electron chi connectivity index (χ4n) is 6.92. The third kappa shape index (κ3) is 7.20. The number of nitrogens with zero attached hydrogens (tertiary/aromatic N) is 3. The summed E-state index contributed by atoms with van der Waals surface area (Å²) in [6.07, 6.45) is 15.1. The Labute approximate surface area is 244 Å². The minimum absolute atomic E-state index is 0.371. The molecule has 3 aliphatic rings. The Morgan fingerprint density at radius 3 is 2.34 bits per heavy atom. The topological polar surface area (TPSA) is 94.0 Å². The number of anilines is 1. The molecule has 1 aliphatic heterocycles. The fourth-order valence-corrected chi connectivity index (χ4v) is 6.92. The minimum atomic E-state index is -1.14. The van der Waals surface area contributed by atoms with Crippen molar-refractivity contribution < 1.29 is 24.1 Å². The molecule has 1 atom stereocenters. The van der Waals surface area contributed by atoms with Gasteiger partial charge in [-0.15, -0.1) is 0 Å². The van der Waals surface area contributed by atoms with E-state index in [1.807, 2.05) is 46.0 Å². The first-order valence-electron chi connectivity index (χ1n) is 15.5. The van der Waals surface area contributed by atoms with E-state index < -0.39 is 17.7 Å². The lowest BCUT2D eigenvalue weighted by Crippen LogP contribution is -2.40. The summed E-state index contributed by atoms with van der Waals surface area (Å²) in [5.41, 5.74) is 3.54. The number of aryl methyl sites for hydroxylation is 1. The quantitative estimate of drug-likeness (QED) is 0.311. The molecule has 3 fully saturated rings. The maximum absolute atomic E-state index is 12.7. The first-order chi connectivity index (χ1) is 19.6. The Kier molecular flexibility index (Phi) is 9.19. The molecule has 2 saturated carbocycles. The Morgan fingerprint density at radius 1 is 1.02 bits per heavy atom. The molecule has 0 aromatic carbocycles. The van der Waals surface area contributed by atoms with Crippen molar-refractivity contribution in [2.45, 2.75) is 110 Å². The van der Waals surface area contributed by atoms with Crippen molar-refractivity contribution in [3.05, 3.63) is 35.8 Å². The number of rotatable bonds is 10. The average Bonchev–Trinajstić information content (AvgIpc) is 3.63. The van der Waals surface area contributed by atoms with Crippen LogP contribution in [0.1, 0.15) is 102 Å². The zero-order valence-corrected chi connectivity index (χ0v) is 25.3. The summed E-state index contributed by atoms with van der Waals surface area (Å²) in [7, 11) is 0. The van der Waals surface area contributed by atoms with Crippen molar-refractivity contribution in [1.29, 1.82) is 0 Å². The largest absolute Gasteiger partial charge is 0.490 e. The number of pyridine rings is 2. The number of aromatic nitrogens is 2. The second-order valence-corrected chi connectivity index (χ2v) is 13.2. The summed E-state index contributed by atoms with van der Waals surface area (Å²) in [6.45, 7) is 10.4. The molecule has 2 aliphatic carbocycles. The zero-order chi connectivity index (χ0) is 29.0. The van der Waals surface area contributed by atoms with Gasteiger partial charge in [0.1, 0.15) is 12.4 Å². The summed E-state index contributed by atoms with van der Waals surface area (Å²) < 4.78 is 18.0. The summed E-state index contributed by atoms with van der Waals surface area (Å²) >= 11 is 0. The highest BCUT2D eigenvalue weighted by molar-refractivity contribution is 5.85. The highest BCUT2D eigenvalue weighted by Crippen LogP contribution is 2.49. The van der Waals surface area contributed by atoms with Crippen LogP contribution in [0.3, 0.4) is 0 Å². The number of hydrogen-bond acceptors (Lipinski definition) is 7. The molecular formula is C33H47N3O5. The fraction of sp³-hybridized carbons (Fsp3) is 0.667. The molecule has 5 rings (SSSR count). The minimum Gasteiger partial charge on any atom is -0.490 e. The van der Waals surface area contributed by atoms with Gasteiger partial charge in [-0.25, -0.2) is 4.79 Å². The molecule has 1 spiro atoms. The maximum atomic E-state index is 12.7. The van der Waals surface area contributed by atoms with E-state index in [0.29, 0.717) is 41.7 Å². The summed E-state index contributed by atoms with van der Waals surface area (Å²) in [6, 6.07) is 3.86. The predicted octanol–water partition coefficient (Wildman–Crippen LogP) is 6.89. The molecule has 0 bridgehead atoms. The van der Waals surface area contributed by atoms with Crippen LogP contribution >= 0.6 is 0 Å². The van der Waals surface area contributed by atoms with Gasteiger partial charge >= 0.3 is 5.97 Å². The number of carbonyl (C=O) groups is 1. The van der Waals surface area contributed by atoms with E-state index in [0.717, 1.165) is 55.7 Å². The highest BCUT2D eigenvalue weighted by Gasteiger charge is 2.40. The number of carboxylic acid groups (broad SMARTS) is 1. The highest BCUT2D eigenvalue weighted by atomic mass is 16.5. The molecule has 1 N–H and O–H groups in total. The predicted molar refractivity (Wildman–Crippen MR) is 159 cm³/mol. The normalized spacial score (nSPS) is 20.0. The molecule has 0 amide bonds. The molecule has 0 radical (unpaired) electrons. The van der Waals surface area contributed by atoms with Gasteiger partial charge in [0.2, 0.25) is 0 Å². The molecule has 2 aromatic heterocycles. The molecule has 8 nitrogen and oxygen atoms in total. The van der Waals surface area contributed by atoms with Gasteiger partial charge in [-0.2, -0.15) is 0 Å². The van der Waals surface area contributed by atoms with Crippen LogP contribution in [0.15, 0.2) is 24.5 Å². The number of aliphatic carboxylic acids is 1. The van der Waals surface area contributed by atoms with Gasteiger partial charge < -0.3 is 24.2 Å². The van der Waals surface area contributed by atoms with Crippen LogP contribution in [0.25, 0.3) is 11.3 Å². The Bertz CT molecular complexity index is 1170. The molecule has 2 aromatic rings. The van der Waals surface area contributed by atoms with E-state index in [1.54, 1.807) is 6.20 Å². The van der Waals surface area contributed by atoms with Crippen molar-refractivity contribution in [2.75, 3.05) is 31.2 Å². The van der Waals surface area contributed by atoms with Gasteiger partial charge in [0.15, 0.2) is 6.10 Å². The maximum Gasteiger partial charge on any atom is 0.337 e. The van der Waals surface area contributed by atoms with Gasteiger partial charge in [0.25, 0.3) is 0 Å². The van der Waals surface area contributed by atoms with E-state index in [1.165, 1.54) is 38.5 Å². The van der Waals surface area contributed by atoms with Gasteiger partial charge in [0, 0.05) is 36.1 Å². The van der Waals surface area contributed by atoms with Gasteiger partial charge in [0.05, 0.1) is 35.9 Å². The average molecular weight is 566 g/mol. The Hall–Kier alpha value is -2.71. The van der Waals surface area contributed by atoms with Crippen LogP contribution < -0.4 is 9.64 Å². The van der Waals surface area contributed by atoms with Crippen LogP contribution in [0.5, 0.6) is 5.75 Å². The molecule has 3 heterocycles. The van der Waals surface area contributed by atoms with E-state index in [9.17, 15) is 9.90 Å². The van der Waals surface area contributed by atoms with E-state index in [2.05, 4.69) is 9.88 Å². The zero-order valence-electron chi connectivity index (χ0n) is 25.3. The number of carboxylic acids is 1. The van der Waals surface area contributed by atoms with E-state index in [4.69, 9.17) is 19.2 Å². The van der Waals surface area contributed by atoms with Crippen LogP contribution in [0.4, 0.5) is 5.69 Å². The first kappa shape index (κ1) is 29.8. The van der Waals surface area contributed by atoms with Gasteiger partial charge in [-0.05, 0) is 83.8 Å². The van der Waals surface area contributed by atoms with Gasteiger partial charge in [-0.3, -0.25) is 9.97 Å². The monoisotopic (exact) mass is 565 g/mol. The SMILES string of the molecule is Cc1ncc(-c2ccc(OCCOC3CCCC3)cn2)c(N2CCC3(CCCC3)CC2)c1[C@H](OC(C)(C)C)C(=O)O. The lowest BCUT2D eigenvalue weighted by atomic mass is 9.76. The van der Waals surface area contributed by atoms with Crippen molar-refractivity contribution in [2.24, 2.45) is 5.41 Å². The van der Waals surface area contributed by atoms with Crippen molar-refractivity contribution in [3.63, 3.8) is 0 Å². The smallest absolute Gasteiger partial charge is 0.337 e. The summed E-state index contributed by atoms with van der Waals surface area (Å²) in [4.78, 5) is 24.5. The molecule has 41 heavy (non-hydrogen) atoms. The lowest BCUT2D eigenvalue weighted by Gasteiger charge is -2.42. The molecule has 1 saturated heterocycles. The van der Waals surface area contributed by atoms with Crippen LogP contribution in [0.2, 0.25) is 0 Å². The van der Waals surface area contributed by atoms with Crippen LogP contribution in [-0.4, -0.2) is 59.1 Å². The Balaban J connectivity index is 1.43. The van der Waals surface area contributed by atoms with E-state index in [-0.39, 0.29) is 0 Å². The first-order valence-corrected chi connectivity index (χ1v) is 15.5. The number of ether oxygens (including phenoxy) is 3. The summed E-state index contributed by atoms with van der Waals surface area (Å²) in [5.74, 6) is -0.324. The van der Waals surface area contributed by atoms with Crippen molar-refractivity contribution in [1.82, 2.24) is 9.97 Å². The van der Waals surface area contributed by atoms with Crippen molar-refractivity contribution >= 4 is 11.7 Å². The second-order valence-electron chi connectivity index (χ2n) is 13.2. The van der Waals surface area contributed by atoms with Gasteiger partial charge in [-0.1, -0.05) is 25.7 Å². The Morgan fingerprint density at radius 2 is 1.73 bits per heavy atom. The molecular weight excluding hydrogens is 518 g/mol. The third-order valence-electron chi connectivity index (χ3n) is 9.07.